The molecule has 0 saturated carbocycles. The molecule has 1 saturated heterocycles. The molecule has 0 bridgehead atoms. The van der Waals surface area contributed by atoms with Crippen molar-refractivity contribution >= 4 is 11.6 Å². The number of carbonyl (C=O) groups is 1. The Balaban J connectivity index is 1.49. The highest BCUT2D eigenvalue weighted by molar-refractivity contribution is 5.94. The van der Waals surface area contributed by atoms with Crippen molar-refractivity contribution < 1.29 is 9.53 Å². The molecule has 5 nitrogen and oxygen atoms in total. The van der Waals surface area contributed by atoms with Crippen molar-refractivity contribution in [2.75, 3.05) is 38.5 Å². The van der Waals surface area contributed by atoms with Crippen LogP contribution in [-0.2, 0) is 11.4 Å². The van der Waals surface area contributed by atoms with Crippen molar-refractivity contribution in [3.8, 4) is 5.75 Å². The maximum atomic E-state index is 12.5. The molecule has 1 aliphatic rings. The Hall–Kier alpha value is -2.37. The lowest BCUT2D eigenvalue weighted by Crippen LogP contribution is -2.51. The number of benzene rings is 2. The highest BCUT2D eigenvalue weighted by Gasteiger charge is 2.24. The van der Waals surface area contributed by atoms with Gasteiger partial charge in [-0.05, 0) is 43.8 Å². The highest BCUT2D eigenvalue weighted by Crippen LogP contribution is 2.18. The Bertz CT molecular complexity index is 695. The summed E-state index contributed by atoms with van der Waals surface area (Å²) in [6.45, 7) is 6.37. The molecule has 26 heavy (non-hydrogen) atoms. The molecule has 0 spiro atoms. The van der Waals surface area contributed by atoms with Gasteiger partial charge in [-0.1, -0.05) is 30.3 Å². The molecule has 0 aromatic heterocycles. The van der Waals surface area contributed by atoms with Crippen molar-refractivity contribution in [1.82, 2.24) is 9.80 Å². The van der Waals surface area contributed by atoms with Crippen molar-refractivity contribution in [3.63, 3.8) is 0 Å². The summed E-state index contributed by atoms with van der Waals surface area (Å²) in [6.07, 6.45) is 0. The highest BCUT2D eigenvalue weighted by atomic mass is 16.5. The number of hydrogen-bond acceptors (Lipinski definition) is 4. The Kier molecular flexibility index (Phi) is 6.26. The van der Waals surface area contributed by atoms with Crippen LogP contribution in [0.2, 0.25) is 0 Å². The topological polar surface area (TPSA) is 44.8 Å². The Labute approximate surface area is 155 Å². The predicted molar refractivity (Wildman–Crippen MR) is 104 cm³/mol. The number of nitrogens with zero attached hydrogens (tertiary/aromatic N) is 2. The molecule has 2 aromatic rings. The second-order valence-electron chi connectivity index (χ2n) is 6.80. The summed E-state index contributed by atoms with van der Waals surface area (Å²) in [6, 6.07) is 17.5. The van der Waals surface area contributed by atoms with E-state index in [4.69, 9.17) is 4.74 Å². The van der Waals surface area contributed by atoms with Crippen LogP contribution in [0.15, 0.2) is 54.6 Å². The Morgan fingerprint density at radius 1 is 1.04 bits per heavy atom. The second-order valence-corrected chi connectivity index (χ2v) is 6.80. The van der Waals surface area contributed by atoms with Gasteiger partial charge in [-0.25, -0.2) is 0 Å². The number of rotatable bonds is 6. The van der Waals surface area contributed by atoms with E-state index in [9.17, 15) is 4.79 Å². The molecule has 1 atom stereocenters. The summed E-state index contributed by atoms with van der Waals surface area (Å²) >= 11 is 0. The quantitative estimate of drug-likeness (QED) is 0.867. The van der Waals surface area contributed by atoms with E-state index in [0.29, 0.717) is 6.61 Å². The number of hydrogen-bond donors (Lipinski definition) is 1. The molecule has 0 unspecified atom stereocenters. The summed E-state index contributed by atoms with van der Waals surface area (Å²) in [5, 5.41) is 3.00. The summed E-state index contributed by atoms with van der Waals surface area (Å²) in [7, 11) is 2.11. The van der Waals surface area contributed by atoms with E-state index in [0.717, 1.165) is 43.2 Å². The third-order valence-corrected chi connectivity index (χ3v) is 4.84. The van der Waals surface area contributed by atoms with Gasteiger partial charge in [0, 0.05) is 31.9 Å². The van der Waals surface area contributed by atoms with Gasteiger partial charge in [0.1, 0.15) is 12.4 Å². The zero-order valence-electron chi connectivity index (χ0n) is 15.5. The zero-order chi connectivity index (χ0) is 18.4. The minimum atomic E-state index is -0.127. The van der Waals surface area contributed by atoms with Gasteiger partial charge < -0.3 is 15.0 Å². The molecular formula is C21H27N3O2. The van der Waals surface area contributed by atoms with E-state index in [-0.39, 0.29) is 11.9 Å². The van der Waals surface area contributed by atoms with Crippen LogP contribution in [0.4, 0.5) is 5.69 Å². The van der Waals surface area contributed by atoms with E-state index >= 15 is 0 Å². The number of piperazine rings is 1. The fraction of sp³-hybridized carbons (Fsp3) is 0.381. The number of nitrogens with one attached hydrogen (secondary N) is 1. The average Bonchev–Trinajstić information content (AvgIpc) is 2.68. The van der Waals surface area contributed by atoms with Crippen LogP contribution in [0.5, 0.6) is 5.75 Å². The Morgan fingerprint density at radius 2 is 1.69 bits per heavy atom. The van der Waals surface area contributed by atoms with Crippen molar-refractivity contribution in [2.24, 2.45) is 0 Å². The number of carbonyl (C=O) groups excluding carboxylic acids is 1. The number of anilines is 1. The standard InChI is InChI=1S/C21H27N3O2/c1-17(24-14-12-23(2)13-15-24)21(25)22-19-8-10-20(11-9-19)26-16-18-6-4-3-5-7-18/h3-11,17H,12-16H2,1-2H3,(H,22,25)/t17-/m1/s1. The van der Waals surface area contributed by atoms with E-state index < -0.39 is 0 Å². The van der Waals surface area contributed by atoms with E-state index in [1.54, 1.807) is 0 Å². The fourth-order valence-electron chi connectivity index (χ4n) is 3.00. The largest absolute Gasteiger partial charge is 0.489 e. The number of amides is 1. The number of ether oxygens (including phenoxy) is 1. The maximum Gasteiger partial charge on any atom is 0.241 e. The van der Waals surface area contributed by atoms with Crippen LogP contribution >= 0.6 is 0 Å². The second kappa shape index (κ2) is 8.83. The molecule has 1 aliphatic heterocycles. The van der Waals surface area contributed by atoms with Gasteiger partial charge in [-0.15, -0.1) is 0 Å². The van der Waals surface area contributed by atoms with Gasteiger partial charge in [0.25, 0.3) is 0 Å². The molecule has 1 fully saturated rings. The zero-order valence-corrected chi connectivity index (χ0v) is 15.5. The van der Waals surface area contributed by atoms with Gasteiger partial charge in [-0.3, -0.25) is 9.69 Å². The first-order valence-corrected chi connectivity index (χ1v) is 9.12. The van der Waals surface area contributed by atoms with Gasteiger partial charge in [0.05, 0.1) is 6.04 Å². The average molecular weight is 353 g/mol. The van der Waals surface area contributed by atoms with Gasteiger partial charge in [0.15, 0.2) is 0 Å². The summed E-state index contributed by atoms with van der Waals surface area (Å²) in [5.41, 5.74) is 1.92. The van der Waals surface area contributed by atoms with Crippen LogP contribution in [0.1, 0.15) is 12.5 Å². The van der Waals surface area contributed by atoms with Gasteiger partial charge in [0.2, 0.25) is 5.91 Å². The van der Waals surface area contributed by atoms with Gasteiger partial charge in [-0.2, -0.15) is 0 Å². The predicted octanol–water partition coefficient (Wildman–Crippen LogP) is 2.84. The monoisotopic (exact) mass is 353 g/mol. The summed E-state index contributed by atoms with van der Waals surface area (Å²) in [5.74, 6) is 0.825. The van der Waals surface area contributed by atoms with Crippen molar-refractivity contribution in [1.29, 1.82) is 0 Å². The van der Waals surface area contributed by atoms with Crippen molar-refractivity contribution in [3.05, 3.63) is 60.2 Å². The first-order valence-electron chi connectivity index (χ1n) is 9.12. The van der Waals surface area contributed by atoms with Gasteiger partial charge >= 0.3 is 0 Å². The first-order chi connectivity index (χ1) is 12.6. The van der Waals surface area contributed by atoms with Crippen LogP contribution in [0.3, 0.4) is 0 Å². The maximum absolute atomic E-state index is 12.5. The Morgan fingerprint density at radius 3 is 2.35 bits per heavy atom. The third kappa shape index (κ3) is 5.07. The smallest absolute Gasteiger partial charge is 0.241 e. The fourth-order valence-corrected chi connectivity index (χ4v) is 3.00. The van der Waals surface area contributed by atoms with Crippen LogP contribution in [0.25, 0.3) is 0 Å². The summed E-state index contributed by atoms with van der Waals surface area (Å²) in [4.78, 5) is 17.0. The molecule has 138 valence electrons. The molecule has 1 amide bonds. The summed E-state index contributed by atoms with van der Waals surface area (Å²) < 4.78 is 5.78. The molecule has 1 N–H and O–H groups in total. The molecular weight excluding hydrogens is 326 g/mol. The van der Waals surface area contributed by atoms with Crippen LogP contribution < -0.4 is 10.1 Å². The van der Waals surface area contributed by atoms with Crippen LogP contribution in [-0.4, -0.2) is 55.0 Å². The lowest BCUT2D eigenvalue weighted by Gasteiger charge is -2.35. The van der Waals surface area contributed by atoms with Crippen molar-refractivity contribution in [2.45, 2.75) is 19.6 Å². The number of likely N-dealkylation sites (N-methyl/N-ethyl adjacent to an activating group) is 1. The minimum absolute atomic E-state index is 0.0347. The third-order valence-electron chi connectivity index (χ3n) is 4.84. The normalized spacial score (nSPS) is 16.8. The molecule has 1 heterocycles. The van der Waals surface area contributed by atoms with E-state index in [1.165, 1.54) is 0 Å². The van der Waals surface area contributed by atoms with E-state index in [1.807, 2.05) is 61.5 Å². The van der Waals surface area contributed by atoms with E-state index in [2.05, 4.69) is 22.2 Å². The molecule has 2 aromatic carbocycles. The molecule has 0 aliphatic carbocycles. The lowest BCUT2D eigenvalue weighted by atomic mass is 10.2. The molecule has 0 radical (unpaired) electrons. The minimum Gasteiger partial charge on any atom is -0.489 e. The lowest BCUT2D eigenvalue weighted by molar-refractivity contribution is -0.121. The van der Waals surface area contributed by atoms with Crippen LogP contribution in [0, 0.1) is 0 Å². The first kappa shape index (κ1) is 18.4. The molecule has 5 heteroatoms. The SMILES string of the molecule is C[C@H](C(=O)Nc1ccc(OCc2ccccc2)cc1)N1CCN(C)CC1. The molecule has 3 rings (SSSR count).